The van der Waals surface area contributed by atoms with Crippen LogP contribution in [0.1, 0.15) is 21.5 Å². The van der Waals surface area contributed by atoms with E-state index >= 15 is 0 Å². The molecule has 0 aliphatic rings. The molecule has 2 N–H and O–H groups in total. The molecule has 0 aliphatic heterocycles. The van der Waals surface area contributed by atoms with Gasteiger partial charge in [0.15, 0.2) is 0 Å². The Morgan fingerprint density at radius 2 is 2.19 bits per heavy atom. The molecular formula is C16H13FN2O2. The van der Waals surface area contributed by atoms with E-state index in [9.17, 15) is 9.18 Å². The van der Waals surface area contributed by atoms with Crippen molar-refractivity contribution in [1.29, 1.82) is 0 Å². The van der Waals surface area contributed by atoms with E-state index in [0.29, 0.717) is 16.9 Å². The van der Waals surface area contributed by atoms with Gasteiger partial charge in [0.1, 0.15) is 18.2 Å². The molecule has 2 aromatic rings. The predicted molar refractivity (Wildman–Crippen MR) is 77.3 cm³/mol. The van der Waals surface area contributed by atoms with Crippen LogP contribution in [-0.4, -0.2) is 22.6 Å². The Labute approximate surface area is 121 Å². The average molecular weight is 284 g/mol. The van der Waals surface area contributed by atoms with Crippen molar-refractivity contribution >= 4 is 11.7 Å². The Balaban J connectivity index is 2.21. The molecule has 0 saturated heterocycles. The van der Waals surface area contributed by atoms with Crippen molar-refractivity contribution in [2.75, 3.05) is 11.9 Å². The van der Waals surface area contributed by atoms with E-state index in [1.54, 1.807) is 25.1 Å². The summed E-state index contributed by atoms with van der Waals surface area (Å²) < 4.78 is 13.2. The fourth-order valence-corrected chi connectivity index (χ4v) is 1.74. The van der Waals surface area contributed by atoms with E-state index < -0.39 is 11.7 Å². The Morgan fingerprint density at radius 1 is 1.38 bits per heavy atom. The van der Waals surface area contributed by atoms with E-state index in [2.05, 4.69) is 22.1 Å². The highest BCUT2D eigenvalue weighted by molar-refractivity contribution is 6.04. The molecule has 0 aliphatic carbocycles. The van der Waals surface area contributed by atoms with Gasteiger partial charge in [-0.2, -0.15) is 0 Å². The lowest BCUT2D eigenvalue weighted by Gasteiger charge is -2.07. The fourth-order valence-electron chi connectivity index (χ4n) is 1.74. The number of aromatic nitrogens is 1. The first-order valence-corrected chi connectivity index (χ1v) is 6.23. The molecule has 1 heterocycles. The largest absolute Gasteiger partial charge is 0.384 e. The Hall–Kier alpha value is -2.71. The minimum absolute atomic E-state index is 0.244. The number of aryl methyl sites for hydroxylation is 1. The predicted octanol–water partition coefficient (Wildman–Crippen LogP) is 2.13. The molecule has 106 valence electrons. The molecule has 1 aromatic heterocycles. The first-order chi connectivity index (χ1) is 10.1. The molecule has 2 rings (SSSR count). The van der Waals surface area contributed by atoms with Crippen LogP contribution in [0, 0.1) is 24.6 Å². The number of halogens is 1. The second kappa shape index (κ2) is 6.64. The van der Waals surface area contributed by atoms with Crippen molar-refractivity contribution in [3.8, 4) is 11.8 Å². The van der Waals surface area contributed by atoms with Crippen LogP contribution in [0.3, 0.4) is 0 Å². The van der Waals surface area contributed by atoms with Gasteiger partial charge in [0.25, 0.3) is 5.91 Å². The highest BCUT2D eigenvalue weighted by Crippen LogP contribution is 2.13. The summed E-state index contributed by atoms with van der Waals surface area (Å²) in [7, 11) is 0. The van der Waals surface area contributed by atoms with Gasteiger partial charge in [-0.1, -0.05) is 17.9 Å². The summed E-state index contributed by atoms with van der Waals surface area (Å²) in [6, 6.07) is 7.26. The van der Waals surface area contributed by atoms with Gasteiger partial charge in [0.05, 0.1) is 0 Å². The summed E-state index contributed by atoms with van der Waals surface area (Å²) >= 11 is 0. The Bertz CT molecular complexity index is 733. The number of aliphatic hydroxyl groups excluding tert-OH is 1. The molecule has 0 atom stereocenters. The number of nitrogens with one attached hydrogen (secondary N) is 1. The smallest absolute Gasteiger partial charge is 0.257 e. The zero-order valence-electron chi connectivity index (χ0n) is 11.4. The second-order valence-corrected chi connectivity index (χ2v) is 4.30. The quantitative estimate of drug-likeness (QED) is 0.830. The summed E-state index contributed by atoms with van der Waals surface area (Å²) in [5.41, 5.74) is 1.54. The average Bonchev–Trinajstić information content (AvgIpc) is 2.48. The van der Waals surface area contributed by atoms with Crippen molar-refractivity contribution in [2.45, 2.75) is 6.92 Å². The van der Waals surface area contributed by atoms with Crippen LogP contribution in [0.5, 0.6) is 0 Å². The SMILES string of the molecule is Cc1ccc(F)cc1C(=O)Nc1cc(C#CCO)ccn1. The summed E-state index contributed by atoms with van der Waals surface area (Å²) in [6.07, 6.45) is 1.50. The molecule has 4 nitrogen and oxygen atoms in total. The molecule has 0 fully saturated rings. The number of hydrogen-bond donors (Lipinski definition) is 2. The van der Waals surface area contributed by atoms with Crippen LogP contribution < -0.4 is 5.32 Å². The zero-order valence-corrected chi connectivity index (χ0v) is 11.4. The van der Waals surface area contributed by atoms with Crippen molar-refractivity contribution in [3.63, 3.8) is 0 Å². The standard InChI is InChI=1S/C16H13FN2O2/c1-11-4-5-13(17)10-14(11)16(21)19-15-9-12(3-2-8-20)6-7-18-15/h4-7,9-10,20H,8H2,1H3,(H,18,19,21). The van der Waals surface area contributed by atoms with Gasteiger partial charge in [-0.05, 0) is 36.8 Å². The molecule has 1 amide bonds. The molecule has 0 spiro atoms. The highest BCUT2D eigenvalue weighted by Gasteiger charge is 2.11. The molecule has 0 saturated carbocycles. The Kier molecular flexibility index (Phi) is 4.64. The number of carbonyl (C=O) groups is 1. The number of benzene rings is 1. The number of rotatable bonds is 2. The van der Waals surface area contributed by atoms with E-state index in [4.69, 9.17) is 5.11 Å². The van der Waals surface area contributed by atoms with Gasteiger partial charge in [0, 0.05) is 17.3 Å². The maximum Gasteiger partial charge on any atom is 0.257 e. The third-order valence-corrected chi connectivity index (χ3v) is 2.76. The lowest BCUT2D eigenvalue weighted by molar-refractivity contribution is 0.102. The summed E-state index contributed by atoms with van der Waals surface area (Å²) in [4.78, 5) is 16.1. The number of amides is 1. The minimum Gasteiger partial charge on any atom is -0.384 e. The van der Waals surface area contributed by atoms with Gasteiger partial charge in [-0.15, -0.1) is 0 Å². The highest BCUT2D eigenvalue weighted by atomic mass is 19.1. The van der Waals surface area contributed by atoms with Crippen LogP contribution in [0.25, 0.3) is 0 Å². The van der Waals surface area contributed by atoms with Gasteiger partial charge in [-0.3, -0.25) is 4.79 Å². The molecule has 5 heteroatoms. The number of nitrogens with zero attached hydrogens (tertiary/aromatic N) is 1. The van der Waals surface area contributed by atoms with Crippen LogP contribution in [0.2, 0.25) is 0 Å². The molecule has 0 radical (unpaired) electrons. The van der Waals surface area contributed by atoms with Crippen molar-refractivity contribution in [1.82, 2.24) is 4.98 Å². The third-order valence-electron chi connectivity index (χ3n) is 2.76. The molecule has 0 bridgehead atoms. The molecule has 21 heavy (non-hydrogen) atoms. The first kappa shape index (κ1) is 14.7. The van der Waals surface area contributed by atoms with E-state index in [1.807, 2.05) is 0 Å². The fraction of sp³-hybridized carbons (Fsp3) is 0.125. The van der Waals surface area contributed by atoms with Gasteiger partial charge >= 0.3 is 0 Å². The first-order valence-electron chi connectivity index (χ1n) is 6.23. The molecular weight excluding hydrogens is 271 g/mol. The molecule has 0 unspecified atom stereocenters. The summed E-state index contributed by atoms with van der Waals surface area (Å²) in [6.45, 7) is 1.48. The van der Waals surface area contributed by atoms with Crippen molar-refractivity contribution in [3.05, 3.63) is 59.0 Å². The normalized spacial score (nSPS) is 9.67. The monoisotopic (exact) mass is 284 g/mol. The number of hydrogen-bond acceptors (Lipinski definition) is 3. The Morgan fingerprint density at radius 3 is 2.95 bits per heavy atom. The second-order valence-electron chi connectivity index (χ2n) is 4.30. The number of carbonyl (C=O) groups excluding carboxylic acids is 1. The topological polar surface area (TPSA) is 62.2 Å². The van der Waals surface area contributed by atoms with Gasteiger partial charge in [0.2, 0.25) is 0 Å². The lowest BCUT2D eigenvalue weighted by atomic mass is 10.1. The summed E-state index contributed by atoms with van der Waals surface area (Å²) in [5.74, 6) is 4.63. The third kappa shape index (κ3) is 3.88. The number of pyridine rings is 1. The van der Waals surface area contributed by atoms with Crippen LogP contribution >= 0.6 is 0 Å². The maximum atomic E-state index is 13.2. The minimum atomic E-state index is -0.471. The van der Waals surface area contributed by atoms with Gasteiger partial charge < -0.3 is 10.4 Å². The zero-order chi connectivity index (χ0) is 15.2. The number of anilines is 1. The maximum absolute atomic E-state index is 13.2. The van der Waals surface area contributed by atoms with Crippen LogP contribution in [-0.2, 0) is 0 Å². The van der Waals surface area contributed by atoms with Crippen LogP contribution in [0.15, 0.2) is 36.5 Å². The lowest BCUT2D eigenvalue weighted by Crippen LogP contribution is -2.14. The van der Waals surface area contributed by atoms with Crippen LogP contribution in [0.4, 0.5) is 10.2 Å². The van der Waals surface area contributed by atoms with Gasteiger partial charge in [-0.25, -0.2) is 9.37 Å². The van der Waals surface area contributed by atoms with Crippen molar-refractivity contribution < 1.29 is 14.3 Å². The van der Waals surface area contributed by atoms with Crippen molar-refractivity contribution in [2.24, 2.45) is 0 Å². The van der Waals surface area contributed by atoms with E-state index in [0.717, 1.165) is 0 Å². The molecule has 1 aromatic carbocycles. The van der Waals surface area contributed by atoms with E-state index in [-0.39, 0.29) is 12.2 Å². The summed E-state index contributed by atoms with van der Waals surface area (Å²) in [5, 5.41) is 11.2. The number of aliphatic hydroxyl groups is 1. The van der Waals surface area contributed by atoms with E-state index in [1.165, 1.54) is 18.3 Å².